The lowest BCUT2D eigenvalue weighted by atomic mass is 9.95. The Labute approximate surface area is 317 Å². The molecule has 4 amide bonds. The summed E-state index contributed by atoms with van der Waals surface area (Å²) in [5.41, 5.74) is 8.12. The van der Waals surface area contributed by atoms with Gasteiger partial charge >= 0.3 is 6.09 Å². The fourth-order valence-electron chi connectivity index (χ4n) is 6.45. The molecule has 1 heterocycles. The standard InChI is InChI=1S/C41H56N6O7/c1-6-27(4)35(23-48)43-38(50)21-37(49)33(19-26(2)3)44-39(51)34(45-41(53)54-24-29-13-8-7-9-14-29)20-31-22-46(40(52)28(5)42)25-47(31)36-18-12-16-30-15-10-11-17-32(30)36/h7-18,22,26-28,33-35,37,48-49H,6,19-21,23-25,42H2,1-5H3,(H,43,50)(H,44,51)(H,45,53)/t27-,28-,33-,34?,35+,37-/m0/s1. The van der Waals surface area contributed by atoms with Gasteiger partial charge in [-0.25, -0.2) is 4.79 Å². The van der Waals surface area contributed by atoms with E-state index in [2.05, 4.69) is 16.0 Å². The van der Waals surface area contributed by atoms with Crippen molar-refractivity contribution in [3.63, 3.8) is 0 Å². The minimum atomic E-state index is -1.27. The average molecular weight is 745 g/mol. The molecule has 292 valence electrons. The third kappa shape index (κ3) is 11.5. The number of nitrogens with two attached hydrogens (primary N) is 1. The Morgan fingerprint density at radius 3 is 2.24 bits per heavy atom. The summed E-state index contributed by atoms with van der Waals surface area (Å²) in [6.45, 7) is 9.21. The van der Waals surface area contributed by atoms with Crippen LogP contribution in [0.2, 0.25) is 0 Å². The summed E-state index contributed by atoms with van der Waals surface area (Å²) in [7, 11) is 0. The zero-order chi connectivity index (χ0) is 39.4. The number of rotatable bonds is 18. The van der Waals surface area contributed by atoms with E-state index in [4.69, 9.17) is 10.5 Å². The monoisotopic (exact) mass is 744 g/mol. The number of ether oxygens (including phenoxy) is 1. The number of aliphatic hydroxyl groups is 2. The molecule has 0 bridgehead atoms. The van der Waals surface area contributed by atoms with Crippen LogP contribution in [0, 0.1) is 11.8 Å². The number of benzene rings is 3. The first kappa shape index (κ1) is 41.8. The van der Waals surface area contributed by atoms with E-state index in [0.717, 1.165) is 28.4 Å². The summed E-state index contributed by atoms with van der Waals surface area (Å²) in [6.07, 6.45) is 0.250. The van der Waals surface area contributed by atoms with Crippen LogP contribution in [0.25, 0.3) is 10.8 Å². The van der Waals surface area contributed by atoms with Crippen LogP contribution in [0.15, 0.2) is 84.7 Å². The Bertz CT molecular complexity index is 1740. The van der Waals surface area contributed by atoms with Crippen LogP contribution in [0.5, 0.6) is 0 Å². The number of hydrogen-bond donors (Lipinski definition) is 6. The van der Waals surface area contributed by atoms with Gasteiger partial charge in [-0.15, -0.1) is 0 Å². The van der Waals surface area contributed by atoms with E-state index in [1.54, 1.807) is 13.1 Å². The Morgan fingerprint density at radius 2 is 1.57 bits per heavy atom. The van der Waals surface area contributed by atoms with Gasteiger partial charge in [-0.2, -0.15) is 0 Å². The SMILES string of the molecule is CC[C@H](C)[C@@H](CO)NC(=O)C[C@H](O)[C@H](CC(C)C)NC(=O)C(CC1=CN(C(=O)[C@H](C)N)CN1c1cccc2ccccc12)NC(=O)OCc1ccccc1. The number of carbonyl (C=O) groups excluding carboxylic acids is 4. The van der Waals surface area contributed by atoms with E-state index in [-0.39, 0.29) is 50.5 Å². The predicted octanol–water partition coefficient (Wildman–Crippen LogP) is 4.12. The zero-order valence-electron chi connectivity index (χ0n) is 31.9. The molecular weight excluding hydrogens is 688 g/mol. The molecule has 0 saturated heterocycles. The number of alkyl carbamates (subject to hydrolysis) is 1. The summed E-state index contributed by atoms with van der Waals surface area (Å²) in [4.78, 5) is 57.2. The van der Waals surface area contributed by atoms with E-state index >= 15 is 0 Å². The van der Waals surface area contributed by atoms with Crippen LogP contribution in [0.1, 0.15) is 65.9 Å². The minimum absolute atomic E-state index is 0.0216. The van der Waals surface area contributed by atoms with Gasteiger partial charge in [-0.3, -0.25) is 19.3 Å². The molecule has 0 aliphatic carbocycles. The third-order valence-electron chi connectivity index (χ3n) is 9.70. The van der Waals surface area contributed by atoms with Gasteiger partial charge in [-0.05, 0) is 42.2 Å². The van der Waals surface area contributed by atoms with Crippen LogP contribution in [0.4, 0.5) is 10.5 Å². The first-order valence-corrected chi connectivity index (χ1v) is 18.7. The molecule has 4 rings (SSSR count). The highest BCUT2D eigenvalue weighted by atomic mass is 16.5. The molecule has 7 N–H and O–H groups in total. The number of hydrogen-bond acceptors (Lipinski definition) is 9. The van der Waals surface area contributed by atoms with Crippen molar-refractivity contribution in [2.24, 2.45) is 17.6 Å². The highest BCUT2D eigenvalue weighted by Crippen LogP contribution is 2.34. The molecule has 0 radical (unpaired) electrons. The van der Waals surface area contributed by atoms with Crippen LogP contribution in [-0.2, 0) is 25.7 Å². The lowest BCUT2D eigenvalue weighted by Gasteiger charge is -2.30. The molecule has 3 aromatic carbocycles. The van der Waals surface area contributed by atoms with E-state index in [1.165, 1.54) is 4.90 Å². The van der Waals surface area contributed by atoms with E-state index in [1.807, 2.05) is 105 Å². The van der Waals surface area contributed by atoms with Gasteiger partial charge in [-0.1, -0.05) is 101 Å². The van der Waals surface area contributed by atoms with Crippen LogP contribution >= 0.6 is 0 Å². The van der Waals surface area contributed by atoms with Gasteiger partial charge in [0.05, 0.1) is 42.9 Å². The van der Waals surface area contributed by atoms with Gasteiger partial charge < -0.3 is 41.5 Å². The smallest absolute Gasteiger partial charge is 0.408 e. The van der Waals surface area contributed by atoms with Crippen molar-refractivity contribution in [2.45, 2.75) is 97.2 Å². The Hall–Kier alpha value is -4.98. The van der Waals surface area contributed by atoms with Crippen molar-refractivity contribution in [2.75, 3.05) is 18.2 Å². The predicted molar refractivity (Wildman–Crippen MR) is 209 cm³/mol. The van der Waals surface area contributed by atoms with Gasteiger partial charge in [0.25, 0.3) is 0 Å². The molecule has 0 saturated carbocycles. The number of nitrogens with zero attached hydrogens (tertiary/aromatic N) is 2. The van der Waals surface area contributed by atoms with Gasteiger partial charge in [0.1, 0.15) is 19.3 Å². The molecule has 1 aliphatic rings. The number of anilines is 1. The summed E-state index contributed by atoms with van der Waals surface area (Å²) < 4.78 is 5.51. The van der Waals surface area contributed by atoms with Crippen LogP contribution < -0.4 is 26.6 Å². The van der Waals surface area contributed by atoms with Gasteiger partial charge in [0.15, 0.2) is 0 Å². The lowest BCUT2D eigenvalue weighted by Crippen LogP contribution is -2.54. The fourth-order valence-corrected chi connectivity index (χ4v) is 6.45. The van der Waals surface area contributed by atoms with Crippen molar-refractivity contribution in [3.05, 3.63) is 90.3 Å². The van der Waals surface area contributed by atoms with E-state index in [0.29, 0.717) is 12.1 Å². The maximum Gasteiger partial charge on any atom is 0.408 e. The van der Waals surface area contributed by atoms with Crippen molar-refractivity contribution < 1.29 is 34.1 Å². The first-order chi connectivity index (χ1) is 25.8. The topological polar surface area (TPSA) is 187 Å². The van der Waals surface area contributed by atoms with Crippen molar-refractivity contribution >= 4 is 40.3 Å². The van der Waals surface area contributed by atoms with E-state index < -0.39 is 48.2 Å². The largest absolute Gasteiger partial charge is 0.445 e. The van der Waals surface area contributed by atoms with Gasteiger partial charge in [0.2, 0.25) is 17.7 Å². The molecule has 0 fully saturated rings. The summed E-state index contributed by atoms with van der Waals surface area (Å²) >= 11 is 0. The van der Waals surface area contributed by atoms with Crippen molar-refractivity contribution in [3.8, 4) is 0 Å². The molecule has 54 heavy (non-hydrogen) atoms. The number of carbonyl (C=O) groups is 4. The van der Waals surface area contributed by atoms with Crippen molar-refractivity contribution in [1.82, 2.24) is 20.9 Å². The molecule has 3 aromatic rings. The summed E-state index contributed by atoms with van der Waals surface area (Å²) in [5, 5.41) is 31.5. The third-order valence-corrected chi connectivity index (χ3v) is 9.70. The maximum atomic E-state index is 14.3. The Kier molecular flexibility index (Phi) is 15.4. The Balaban J connectivity index is 1.63. The van der Waals surface area contributed by atoms with E-state index in [9.17, 15) is 29.4 Å². The number of aliphatic hydroxyl groups excluding tert-OH is 2. The number of nitrogens with one attached hydrogen (secondary N) is 3. The number of amides is 4. The zero-order valence-corrected chi connectivity index (χ0v) is 31.9. The van der Waals surface area contributed by atoms with Crippen molar-refractivity contribution in [1.29, 1.82) is 0 Å². The second kappa shape index (κ2) is 19.9. The molecule has 13 nitrogen and oxygen atoms in total. The first-order valence-electron chi connectivity index (χ1n) is 18.7. The van der Waals surface area contributed by atoms with Crippen LogP contribution in [0.3, 0.4) is 0 Å². The molecule has 6 atom stereocenters. The molecule has 13 heteroatoms. The molecule has 1 aliphatic heterocycles. The second-order valence-electron chi connectivity index (χ2n) is 14.5. The summed E-state index contributed by atoms with van der Waals surface area (Å²) in [6, 6.07) is 19.4. The normalized spacial score (nSPS) is 16.2. The highest BCUT2D eigenvalue weighted by molar-refractivity contribution is 5.96. The molecular formula is C41H56N6O7. The quantitative estimate of drug-likeness (QED) is 0.111. The highest BCUT2D eigenvalue weighted by Gasteiger charge is 2.35. The minimum Gasteiger partial charge on any atom is -0.445 e. The van der Waals surface area contributed by atoms with Crippen LogP contribution in [-0.4, -0.2) is 82.5 Å². The lowest BCUT2D eigenvalue weighted by molar-refractivity contribution is -0.129. The number of fused-ring (bicyclic) bond motifs is 1. The maximum absolute atomic E-state index is 14.3. The molecule has 1 unspecified atom stereocenters. The average Bonchev–Trinajstić information content (AvgIpc) is 3.58. The van der Waals surface area contributed by atoms with Gasteiger partial charge in [0, 0.05) is 23.7 Å². The molecule has 0 spiro atoms. The summed E-state index contributed by atoms with van der Waals surface area (Å²) in [5.74, 6) is -1.34. The fraction of sp³-hybridized carbons (Fsp3) is 0.463. The second-order valence-corrected chi connectivity index (χ2v) is 14.5. The molecule has 0 aromatic heterocycles. The Morgan fingerprint density at radius 1 is 0.889 bits per heavy atom.